The third kappa shape index (κ3) is 4.02. The number of amides is 2. The van der Waals surface area contributed by atoms with Crippen molar-refractivity contribution in [1.82, 2.24) is 14.8 Å². The van der Waals surface area contributed by atoms with Crippen LogP contribution in [0.5, 0.6) is 11.6 Å². The van der Waals surface area contributed by atoms with Crippen molar-refractivity contribution < 1.29 is 32.2 Å². The van der Waals surface area contributed by atoms with Crippen LogP contribution in [-0.4, -0.2) is 47.3 Å². The largest absolute Gasteiger partial charge is 0.495 e. The summed E-state index contributed by atoms with van der Waals surface area (Å²) in [6.07, 6.45) is -3.39. The van der Waals surface area contributed by atoms with Crippen LogP contribution in [0.25, 0.3) is 0 Å². The van der Waals surface area contributed by atoms with Gasteiger partial charge in [-0.05, 0) is 31.2 Å². The summed E-state index contributed by atoms with van der Waals surface area (Å²) in [7, 11) is 2.53. The number of hydrogen-bond acceptors (Lipinski definition) is 6. The molecule has 12 heteroatoms. The topological polar surface area (TPSA) is 98.6 Å². The molecule has 0 bridgehead atoms. The summed E-state index contributed by atoms with van der Waals surface area (Å²) in [6.45, 7) is 1.85. The highest BCUT2D eigenvalue weighted by molar-refractivity contribution is 6.15. The lowest BCUT2D eigenvalue weighted by molar-refractivity contribution is -0.139. The maximum atomic E-state index is 13.4. The molecule has 0 fully saturated rings. The van der Waals surface area contributed by atoms with Crippen molar-refractivity contribution in [3.63, 3.8) is 0 Å². The van der Waals surface area contributed by atoms with E-state index in [-0.39, 0.29) is 29.7 Å². The van der Waals surface area contributed by atoms with Crippen LogP contribution in [0, 0.1) is 0 Å². The molecule has 1 aliphatic heterocycles. The Morgan fingerprint density at radius 1 is 1.15 bits per heavy atom. The number of methoxy groups -OCH3 is 2. The van der Waals surface area contributed by atoms with Crippen LogP contribution in [0.15, 0.2) is 42.6 Å². The van der Waals surface area contributed by atoms with E-state index in [2.05, 4.69) is 15.4 Å². The molecule has 2 aromatic heterocycles. The Balaban J connectivity index is 1.69. The molecule has 3 heterocycles. The standard InChI is InChI=1S/C22H20F3N5O4/c1-12-11-29(17-9-8-14(22(23,24)25)20(28-17)34-3)21(32)18-13(10-26-30(12)18)19(31)27-15-6-4-5-7-16(15)33-2/h4-10,12H,11H2,1-3H3,(H,27,31)/t12-/m0/s1. The van der Waals surface area contributed by atoms with Crippen LogP contribution < -0.4 is 19.7 Å². The van der Waals surface area contributed by atoms with E-state index in [1.165, 1.54) is 22.9 Å². The number of rotatable bonds is 5. The zero-order chi connectivity index (χ0) is 24.6. The molecule has 0 spiro atoms. The van der Waals surface area contributed by atoms with Gasteiger partial charge in [0, 0.05) is 6.54 Å². The number of nitrogens with one attached hydrogen (secondary N) is 1. The Morgan fingerprint density at radius 2 is 1.88 bits per heavy atom. The predicted molar refractivity (Wildman–Crippen MR) is 115 cm³/mol. The van der Waals surface area contributed by atoms with E-state index in [0.29, 0.717) is 11.4 Å². The molecule has 178 valence electrons. The van der Waals surface area contributed by atoms with Crippen LogP contribution in [0.1, 0.15) is 39.4 Å². The second-order valence-electron chi connectivity index (χ2n) is 7.49. The van der Waals surface area contributed by atoms with Crippen LogP contribution in [0.2, 0.25) is 0 Å². The first kappa shape index (κ1) is 23.1. The third-order valence-electron chi connectivity index (χ3n) is 5.33. The van der Waals surface area contributed by atoms with Crippen LogP contribution in [0.3, 0.4) is 0 Å². The average Bonchev–Trinajstić information content (AvgIpc) is 3.27. The molecule has 34 heavy (non-hydrogen) atoms. The highest BCUT2D eigenvalue weighted by Gasteiger charge is 2.38. The van der Waals surface area contributed by atoms with Crippen molar-refractivity contribution in [3.05, 3.63) is 59.4 Å². The molecule has 1 aromatic carbocycles. The fourth-order valence-corrected chi connectivity index (χ4v) is 3.72. The predicted octanol–water partition coefficient (Wildman–Crippen LogP) is 3.79. The minimum Gasteiger partial charge on any atom is -0.495 e. The van der Waals surface area contributed by atoms with Gasteiger partial charge in [-0.25, -0.2) is 0 Å². The number of carbonyl (C=O) groups is 2. The van der Waals surface area contributed by atoms with Crippen LogP contribution in [-0.2, 0) is 6.18 Å². The number of pyridine rings is 1. The summed E-state index contributed by atoms with van der Waals surface area (Å²) >= 11 is 0. The van der Waals surface area contributed by atoms with Gasteiger partial charge in [0.1, 0.15) is 22.8 Å². The first-order valence-corrected chi connectivity index (χ1v) is 10.1. The Morgan fingerprint density at radius 3 is 2.56 bits per heavy atom. The lowest BCUT2D eigenvalue weighted by atomic mass is 10.1. The van der Waals surface area contributed by atoms with Crippen LogP contribution >= 0.6 is 0 Å². The van der Waals surface area contributed by atoms with Crippen molar-refractivity contribution in [2.75, 3.05) is 31.0 Å². The smallest absolute Gasteiger partial charge is 0.421 e. The number of ether oxygens (including phenoxy) is 2. The van der Waals surface area contributed by atoms with E-state index in [1.54, 1.807) is 31.2 Å². The SMILES string of the molecule is COc1ccccc1NC(=O)c1cnn2c1C(=O)N(c1ccc(C(F)(F)F)c(OC)n1)C[C@@H]2C. The number of para-hydroxylation sites is 2. The maximum Gasteiger partial charge on any atom is 0.421 e. The summed E-state index contributed by atoms with van der Waals surface area (Å²) in [6, 6.07) is 8.28. The van der Waals surface area contributed by atoms with Gasteiger partial charge in [-0.15, -0.1) is 0 Å². The van der Waals surface area contributed by atoms with E-state index >= 15 is 0 Å². The van der Waals surface area contributed by atoms with E-state index in [1.807, 2.05) is 0 Å². The van der Waals surface area contributed by atoms with Gasteiger partial charge in [-0.2, -0.15) is 23.3 Å². The van der Waals surface area contributed by atoms with Crippen molar-refractivity contribution in [3.8, 4) is 11.6 Å². The highest BCUT2D eigenvalue weighted by atomic mass is 19.4. The van der Waals surface area contributed by atoms with Gasteiger partial charge in [0.15, 0.2) is 0 Å². The highest BCUT2D eigenvalue weighted by Crippen LogP contribution is 2.37. The molecule has 1 aliphatic rings. The molecular weight excluding hydrogens is 455 g/mol. The maximum absolute atomic E-state index is 13.4. The number of hydrogen-bond donors (Lipinski definition) is 1. The fraction of sp³-hybridized carbons (Fsp3) is 0.273. The molecule has 0 saturated heterocycles. The van der Waals surface area contributed by atoms with Crippen molar-refractivity contribution >= 4 is 23.3 Å². The van der Waals surface area contributed by atoms with Gasteiger partial charge in [0.2, 0.25) is 5.88 Å². The number of benzene rings is 1. The fourth-order valence-electron chi connectivity index (χ4n) is 3.72. The van der Waals surface area contributed by atoms with Crippen molar-refractivity contribution in [2.45, 2.75) is 19.1 Å². The van der Waals surface area contributed by atoms with Crippen molar-refractivity contribution in [2.24, 2.45) is 0 Å². The summed E-state index contributed by atoms with van der Waals surface area (Å²) in [5, 5.41) is 6.88. The molecule has 3 aromatic rings. The Kier molecular flexibility index (Phi) is 5.90. The Hall–Kier alpha value is -4.09. The molecule has 0 aliphatic carbocycles. The van der Waals surface area contributed by atoms with E-state index in [0.717, 1.165) is 19.2 Å². The summed E-state index contributed by atoms with van der Waals surface area (Å²) in [5.41, 5.74) is -0.659. The number of alkyl halides is 3. The Bertz CT molecular complexity index is 1260. The number of halogens is 3. The lowest BCUT2D eigenvalue weighted by Crippen LogP contribution is -2.44. The van der Waals surface area contributed by atoms with Gasteiger partial charge in [0.05, 0.1) is 37.7 Å². The quantitative estimate of drug-likeness (QED) is 0.603. The molecular formula is C22H20F3N5O4. The normalized spacial score (nSPS) is 15.6. The number of nitrogens with zero attached hydrogens (tertiary/aromatic N) is 4. The molecule has 9 nitrogen and oxygen atoms in total. The summed E-state index contributed by atoms with van der Waals surface area (Å²) in [5.74, 6) is -1.48. The first-order chi connectivity index (χ1) is 16.2. The zero-order valence-electron chi connectivity index (χ0n) is 18.4. The molecule has 0 radical (unpaired) electrons. The summed E-state index contributed by atoms with van der Waals surface area (Å²) < 4.78 is 51.1. The monoisotopic (exact) mass is 475 g/mol. The molecule has 1 atom stereocenters. The third-order valence-corrected chi connectivity index (χ3v) is 5.33. The number of aromatic nitrogens is 3. The van der Waals surface area contributed by atoms with Gasteiger partial charge in [-0.3, -0.25) is 19.2 Å². The second-order valence-corrected chi connectivity index (χ2v) is 7.49. The first-order valence-electron chi connectivity index (χ1n) is 10.1. The second kappa shape index (κ2) is 8.69. The van der Waals surface area contributed by atoms with Gasteiger partial charge >= 0.3 is 6.18 Å². The number of carbonyl (C=O) groups excluding carboxylic acids is 2. The van der Waals surface area contributed by atoms with Crippen molar-refractivity contribution in [1.29, 1.82) is 0 Å². The van der Waals surface area contributed by atoms with Gasteiger partial charge in [0.25, 0.3) is 11.8 Å². The molecule has 2 amide bonds. The number of anilines is 2. The molecule has 1 N–H and O–H groups in total. The van der Waals surface area contributed by atoms with Gasteiger partial charge in [-0.1, -0.05) is 12.1 Å². The summed E-state index contributed by atoms with van der Waals surface area (Å²) in [4.78, 5) is 31.5. The zero-order valence-corrected chi connectivity index (χ0v) is 18.4. The van der Waals surface area contributed by atoms with Crippen LogP contribution in [0.4, 0.5) is 24.7 Å². The minimum atomic E-state index is -4.67. The van der Waals surface area contributed by atoms with E-state index in [9.17, 15) is 22.8 Å². The Labute approximate surface area is 192 Å². The van der Waals surface area contributed by atoms with Gasteiger partial charge < -0.3 is 14.8 Å². The molecule has 0 unspecified atom stereocenters. The average molecular weight is 475 g/mol. The minimum absolute atomic E-state index is 0.00586. The number of fused-ring (bicyclic) bond motifs is 1. The van der Waals surface area contributed by atoms with E-state index < -0.39 is 29.4 Å². The lowest BCUT2D eigenvalue weighted by Gasteiger charge is -2.31. The molecule has 0 saturated carbocycles. The van der Waals surface area contributed by atoms with E-state index in [4.69, 9.17) is 9.47 Å². The molecule has 4 rings (SSSR count).